The molecule has 0 radical (unpaired) electrons. The standard InChI is InChI=1S/C24H30Cl2N2O3/c1-24(2,3)30-16-18(29)14-28(13-17-8-4-6-10-21(17)25)15-19-12-23(27-31-19)20-9-5-7-11-22(20)26/h4-11,18-19,29H,12-16H2,1-3H3/t18-,19-/m0/s1. The van der Waals surface area contributed by atoms with Crippen molar-refractivity contribution in [3.8, 4) is 0 Å². The molecule has 0 unspecified atom stereocenters. The number of aliphatic hydroxyl groups excluding tert-OH is 1. The lowest BCUT2D eigenvalue weighted by Crippen LogP contribution is -2.40. The molecule has 2 aromatic carbocycles. The summed E-state index contributed by atoms with van der Waals surface area (Å²) in [5.74, 6) is 0. The van der Waals surface area contributed by atoms with E-state index in [9.17, 15) is 5.11 Å². The van der Waals surface area contributed by atoms with E-state index in [0.717, 1.165) is 16.8 Å². The van der Waals surface area contributed by atoms with Crippen LogP contribution in [0.3, 0.4) is 0 Å². The minimum atomic E-state index is -0.632. The molecule has 1 aliphatic heterocycles. The van der Waals surface area contributed by atoms with Crippen molar-refractivity contribution in [2.75, 3.05) is 19.7 Å². The summed E-state index contributed by atoms with van der Waals surface area (Å²) in [5.41, 5.74) is 2.42. The molecule has 1 N–H and O–H groups in total. The van der Waals surface area contributed by atoms with Crippen LogP contribution in [-0.2, 0) is 16.1 Å². The molecule has 0 saturated carbocycles. The van der Waals surface area contributed by atoms with Gasteiger partial charge in [0, 0.05) is 41.7 Å². The lowest BCUT2D eigenvalue weighted by atomic mass is 10.0. The molecular formula is C24H30Cl2N2O3. The van der Waals surface area contributed by atoms with Crippen LogP contribution < -0.4 is 0 Å². The molecule has 7 heteroatoms. The molecule has 1 heterocycles. The number of nitrogens with zero attached hydrogens (tertiary/aromatic N) is 2. The van der Waals surface area contributed by atoms with Gasteiger partial charge in [-0.25, -0.2) is 0 Å². The SMILES string of the molecule is CC(C)(C)OC[C@@H](O)CN(Cc1ccccc1Cl)C[C@@H]1CC(c2ccccc2Cl)=NO1. The second-order valence-electron chi connectivity index (χ2n) is 8.81. The Balaban J connectivity index is 1.65. The van der Waals surface area contributed by atoms with Gasteiger partial charge in [-0.1, -0.05) is 64.8 Å². The highest BCUT2D eigenvalue weighted by molar-refractivity contribution is 6.34. The Hall–Kier alpha value is -1.63. The number of benzene rings is 2. The lowest BCUT2D eigenvalue weighted by molar-refractivity contribution is -0.0600. The monoisotopic (exact) mass is 464 g/mol. The van der Waals surface area contributed by atoms with Crippen molar-refractivity contribution in [3.05, 3.63) is 69.7 Å². The summed E-state index contributed by atoms with van der Waals surface area (Å²) in [5, 5.41) is 16.2. The van der Waals surface area contributed by atoms with Crippen molar-refractivity contribution in [1.82, 2.24) is 4.90 Å². The molecule has 0 amide bonds. The van der Waals surface area contributed by atoms with Gasteiger partial charge in [0.1, 0.15) is 6.10 Å². The van der Waals surface area contributed by atoms with Crippen LogP contribution >= 0.6 is 23.2 Å². The van der Waals surface area contributed by atoms with Crippen molar-refractivity contribution in [1.29, 1.82) is 0 Å². The maximum atomic E-state index is 10.6. The summed E-state index contributed by atoms with van der Waals surface area (Å²) >= 11 is 12.7. The number of hydrogen-bond donors (Lipinski definition) is 1. The van der Waals surface area contributed by atoms with Crippen molar-refractivity contribution in [3.63, 3.8) is 0 Å². The van der Waals surface area contributed by atoms with Crippen molar-refractivity contribution in [2.45, 2.75) is 51.5 Å². The fourth-order valence-electron chi connectivity index (χ4n) is 3.44. The lowest BCUT2D eigenvalue weighted by Gasteiger charge is -2.29. The number of hydrogen-bond acceptors (Lipinski definition) is 5. The van der Waals surface area contributed by atoms with E-state index >= 15 is 0 Å². The molecule has 0 bridgehead atoms. The van der Waals surface area contributed by atoms with E-state index in [2.05, 4.69) is 10.1 Å². The van der Waals surface area contributed by atoms with Gasteiger partial charge in [-0.3, -0.25) is 4.90 Å². The summed E-state index contributed by atoms with van der Waals surface area (Å²) < 4.78 is 5.75. The molecule has 168 valence electrons. The molecule has 2 aromatic rings. The number of halogens is 2. The first-order chi connectivity index (χ1) is 14.7. The summed E-state index contributed by atoms with van der Waals surface area (Å²) in [6, 6.07) is 15.4. The van der Waals surface area contributed by atoms with E-state index in [1.165, 1.54) is 0 Å². The Kier molecular flexibility index (Phi) is 8.36. The van der Waals surface area contributed by atoms with E-state index in [1.807, 2.05) is 69.3 Å². The third-order valence-corrected chi connectivity index (χ3v) is 5.61. The van der Waals surface area contributed by atoms with Crippen molar-refractivity contribution < 1.29 is 14.7 Å². The summed E-state index contributed by atoms with van der Waals surface area (Å²) in [6.45, 7) is 7.80. The van der Waals surface area contributed by atoms with Gasteiger partial charge in [-0.15, -0.1) is 0 Å². The van der Waals surface area contributed by atoms with Crippen LogP contribution in [0.1, 0.15) is 38.3 Å². The molecule has 0 aliphatic carbocycles. The highest BCUT2D eigenvalue weighted by atomic mass is 35.5. The molecule has 5 nitrogen and oxygen atoms in total. The third-order valence-electron chi connectivity index (χ3n) is 4.91. The maximum Gasteiger partial charge on any atom is 0.145 e. The topological polar surface area (TPSA) is 54.3 Å². The Labute approximate surface area is 194 Å². The number of rotatable bonds is 9. The molecule has 31 heavy (non-hydrogen) atoms. The van der Waals surface area contributed by atoms with E-state index in [1.54, 1.807) is 0 Å². The Morgan fingerprint density at radius 3 is 2.48 bits per heavy atom. The van der Waals surface area contributed by atoms with Crippen molar-refractivity contribution in [2.24, 2.45) is 5.16 Å². The molecule has 0 fully saturated rings. The van der Waals surface area contributed by atoms with Crippen LogP contribution in [-0.4, -0.2) is 53.2 Å². The molecule has 0 spiro atoms. The zero-order valence-corrected chi connectivity index (χ0v) is 19.7. The molecule has 1 aliphatic rings. The van der Waals surface area contributed by atoms with Crippen molar-refractivity contribution >= 4 is 28.9 Å². The third kappa shape index (κ3) is 7.48. The first-order valence-electron chi connectivity index (χ1n) is 10.5. The second-order valence-corrected chi connectivity index (χ2v) is 9.63. The molecule has 0 aromatic heterocycles. The minimum Gasteiger partial charge on any atom is -0.390 e. The summed E-state index contributed by atoms with van der Waals surface area (Å²) in [4.78, 5) is 7.84. The van der Waals surface area contributed by atoms with Gasteiger partial charge >= 0.3 is 0 Å². The molecule has 0 saturated heterocycles. The van der Waals surface area contributed by atoms with Crippen LogP contribution in [0.2, 0.25) is 10.0 Å². The smallest absolute Gasteiger partial charge is 0.145 e. The van der Waals surface area contributed by atoms with E-state index < -0.39 is 6.10 Å². The largest absolute Gasteiger partial charge is 0.390 e. The fraction of sp³-hybridized carbons (Fsp3) is 0.458. The van der Waals surface area contributed by atoms with Gasteiger partial charge in [0.05, 0.1) is 24.0 Å². The first-order valence-corrected chi connectivity index (χ1v) is 11.2. The predicted molar refractivity (Wildman–Crippen MR) is 126 cm³/mol. The fourth-order valence-corrected chi connectivity index (χ4v) is 3.88. The van der Waals surface area contributed by atoms with Gasteiger partial charge in [0.15, 0.2) is 0 Å². The Morgan fingerprint density at radius 1 is 1.13 bits per heavy atom. The zero-order chi connectivity index (χ0) is 22.4. The molecule has 2 atom stereocenters. The van der Waals surface area contributed by atoms with Gasteiger partial charge < -0.3 is 14.7 Å². The molecular weight excluding hydrogens is 435 g/mol. The van der Waals surface area contributed by atoms with Crippen LogP contribution in [0.15, 0.2) is 53.7 Å². The Bertz CT molecular complexity index is 898. The average molecular weight is 465 g/mol. The van der Waals surface area contributed by atoms with Crippen LogP contribution in [0.4, 0.5) is 0 Å². The van der Waals surface area contributed by atoms with Crippen LogP contribution in [0.5, 0.6) is 0 Å². The maximum absolute atomic E-state index is 10.6. The number of aliphatic hydroxyl groups is 1. The second kappa shape index (κ2) is 10.8. The Morgan fingerprint density at radius 2 is 1.81 bits per heavy atom. The number of ether oxygens (including phenoxy) is 1. The van der Waals surface area contributed by atoms with E-state index in [0.29, 0.717) is 36.1 Å². The zero-order valence-electron chi connectivity index (χ0n) is 18.2. The minimum absolute atomic E-state index is 0.135. The van der Waals surface area contributed by atoms with Gasteiger partial charge in [-0.05, 0) is 38.5 Å². The molecule has 3 rings (SSSR count). The predicted octanol–water partition coefficient (Wildman–Crippen LogP) is 5.16. The highest BCUT2D eigenvalue weighted by Crippen LogP contribution is 2.24. The van der Waals surface area contributed by atoms with Crippen LogP contribution in [0.25, 0.3) is 0 Å². The number of oxime groups is 1. The van der Waals surface area contributed by atoms with E-state index in [-0.39, 0.29) is 18.3 Å². The quantitative estimate of drug-likeness (QED) is 0.556. The summed E-state index contributed by atoms with van der Waals surface area (Å²) in [7, 11) is 0. The first kappa shape index (κ1) is 24.0. The average Bonchev–Trinajstić information content (AvgIpc) is 3.16. The van der Waals surface area contributed by atoms with Gasteiger partial charge in [0.2, 0.25) is 0 Å². The normalized spacial score (nSPS) is 17.5. The summed E-state index contributed by atoms with van der Waals surface area (Å²) in [6.07, 6.45) is -0.117. The highest BCUT2D eigenvalue weighted by Gasteiger charge is 2.27. The van der Waals surface area contributed by atoms with Gasteiger partial charge in [0.25, 0.3) is 0 Å². The van der Waals surface area contributed by atoms with Gasteiger partial charge in [-0.2, -0.15) is 0 Å². The van der Waals surface area contributed by atoms with E-state index in [4.69, 9.17) is 32.8 Å². The van der Waals surface area contributed by atoms with Crippen LogP contribution in [0, 0.1) is 0 Å².